The lowest BCUT2D eigenvalue weighted by atomic mass is 10.2. The summed E-state index contributed by atoms with van der Waals surface area (Å²) in [5.41, 5.74) is 1.42. The van der Waals surface area contributed by atoms with Gasteiger partial charge in [-0.3, -0.25) is 4.90 Å². The van der Waals surface area contributed by atoms with Crippen molar-refractivity contribution in [2.24, 2.45) is 0 Å². The smallest absolute Gasteiger partial charge is 0.0233 e. The number of thioether (sulfide) groups is 1. The summed E-state index contributed by atoms with van der Waals surface area (Å²) >= 11 is 1.80. The number of hydrogen-bond donors (Lipinski definition) is 0. The van der Waals surface area contributed by atoms with Crippen molar-refractivity contribution >= 4 is 11.8 Å². The normalized spacial score (nSPS) is 10.9. The van der Waals surface area contributed by atoms with Gasteiger partial charge < -0.3 is 0 Å². The van der Waals surface area contributed by atoms with Crippen LogP contribution in [0.1, 0.15) is 25.8 Å². The van der Waals surface area contributed by atoms with Gasteiger partial charge in [-0.05, 0) is 43.5 Å². The summed E-state index contributed by atoms with van der Waals surface area (Å²) in [6, 6.07) is 8.90. The van der Waals surface area contributed by atoms with Gasteiger partial charge >= 0.3 is 0 Å². The highest BCUT2D eigenvalue weighted by Crippen LogP contribution is 2.15. The number of benzene rings is 1. The summed E-state index contributed by atoms with van der Waals surface area (Å²) in [6.45, 7) is 7.88. The minimum atomic E-state index is 1.08. The van der Waals surface area contributed by atoms with Crippen molar-refractivity contribution in [2.45, 2.75) is 31.7 Å². The molecule has 0 spiro atoms. The van der Waals surface area contributed by atoms with E-state index in [0.29, 0.717) is 0 Å². The van der Waals surface area contributed by atoms with Crippen molar-refractivity contribution in [2.75, 3.05) is 19.3 Å². The van der Waals surface area contributed by atoms with Crippen LogP contribution in [0.15, 0.2) is 29.2 Å². The standard InChI is InChI=1S/C13H21NS/c1-4-10-14(5-2)11-12-6-8-13(15-3)9-7-12/h6-9H,4-5,10-11H2,1-3H3. The zero-order valence-electron chi connectivity index (χ0n) is 9.99. The monoisotopic (exact) mass is 223 g/mol. The average Bonchev–Trinajstić information content (AvgIpc) is 2.29. The van der Waals surface area contributed by atoms with E-state index in [1.807, 2.05) is 0 Å². The molecule has 0 bridgehead atoms. The second-order valence-corrected chi connectivity index (χ2v) is 4.60. The lowest BCUT2D eigenvalue weighted by Crippen LogP contribution is -2.23. The summed E-state index contributed by atoms with van der Waals surface area (Å²) in [7, 11) is 0. The van der Waals surface area contributed by atoms with E-state index in [2.05, 4.69) is 49.3 Å². The summed E-state index contributed by atoms with van der Waals surface area (Å²) < 4.78 is 0. The Labute approximate surface area is 97.9 Å². The van der Waals surface area contributed by atoms with Gasteiger partial charge in [0.25, 0.3) is 0 Å². The molecule has 1 nitrogen and oxygen atoms in total. The van der Waals surface area contributed by atoms with Gasteiger partial charge in [-0.25, -0.2) is 0 Å². The molecule has 0 amide bonds. The molecule has 0 unspecified atom stereocenters. The highest BCUT2D eigenvalue weighted by Gasteiger charge is 2.01. The van der Waals surface area contributed by atoms with Crippen LogP contribution in [0.4, 0.5) is 0 Å². The van der Waals surface area contributed by atoms with Gasteiger partial charge in [0.1, 0.15) is 0 Å². The molecular weight excluding hydrogens is 202 g/mol. The minimum Gasteiger partial charge on any atom is -0.299 e. The first-order valence-corrected chi connectivity index (χ1v) is 6.87. The molecule has 84 valence electrons. The molecule has 0 aliphatic heterocycles. The third kappa shape index (κ3) is 4.27. The van der Waals surface area contributed by atoms with Gasteiger partial charge in [-0.1, -0.05) is 26.0 Å². The topological polar surface area (TPSA) is 3.24 Å². The van der Waals surface area contributed by atoms with Crippen LogP contribution in [0.2, 0.25) is 0 Å². The molecule has 0 saturated heterocycles. The van der Waals surface area contributed by atoms with Crippen molar-refractivity contribution in [3.05, 3.63) is 29.8 Å². The van der Waals surface area contributed by atoms with E-state index in [9.17, 15) is 0 Å². The van der Waals surface area contributed by atoms with E-state index in [4.69, 9.17) is 0 Å². The quantitative estimate of drug-likeness (QED) is 0.677. The molecule has 0 N–H and O–H groups in total. The fourth-order valence-corrected chi connectivity index (χ4v) is 2.06. The van der Waals surface area contributed by atoms with Gasteiger partial charge in [0, 0.05) is 11.4 Å². The second kappa shape index (κ2) is 6.91. The predicted octanol–water partition coefficient (Wildman–Crippen LogP) is 3.64. The third-order valence-corrected chi connectivity index (χ3v) is 3.30. The molecule has 0 radical (unpaired) electrons. The van der Waals surface area contributed by atoms with Crippen LogP contribution in [-0.2, 0) is 6.54 Å². The van der Waals surface area contributed by atoms with E-state index in [0.717, 1.165) is 13.1 Å². The summed E-state index contributed by atoms with van der Waals surface area (Å²) in [4.78, 5) is 3.82. The Morgan fingerprint density at radius 3 is 2.27 bits per heavy atom. The van der Waals surface area contributed by atoms with E-state index >= 15 is 0 Å². The Hall–Kier alpha value is -0.470. The molecule has 1 aromatic carbocycles. The number of rotatable bonds is 6. The number of nitrogens with zero attached hydrogens (tertiary/aromatic N) is 1. The van der Waals surface area contributed by atoms with Gasteiger partial charge in [-0.15, -0.1) is 11.8 Å². The summed E-state index contributed by atoms with van der Waals surface area (Å²) in [5.74, 6) is 0. The van der Waals surface area contributed by atoms with Gasteiger partial charge in [0.2, 0.25) is 0 Å². The Morgan fingerprint density at radius 1 is 1.13 bits per heavy atom. The first kappa shape index (κ1) is 12.6. The zero-order chi connectivity index (χ0) is 11.1. The third-order valence-electron chi connectivity index (χ3n) is 2.55. The van der Waals surface area contributed by atoms with Crippen LogP contribution in [0.25, 0.3) is 0 Å². The maximum Gasteiger partial charge on any atom is 0.0233 e. The predicted molar refractivity (Wildman–Crippen MR) is 69.5 cm³/mol. The van der Waals surface area contributed by atoms with Crippen LogP contribution in [-0.4, -0.2) is 24.2 Å². The molecule has 0 aliphatic rings. The SMILES string of the molecule is CCCN(CC)Cc1ccc(SC)cc1. The molecule has 1 aromatic rings. The molecule has 15 heavy (non-hydrogen) atoms. The highest BCUT2D eigenvalue weighted by molar-refractivity contribution is 7.98. The largest absolute Gasteiger partial charge is 0.299 e. The molecule has 0 aliphatic carbocycles. The highest BCUT2D eigenvalue weighted by atomic mass is 32.2. The van der Waals surface area contributed by atoms with E-state index in [-0.39, 0.29) is 0 Å². The van der Waals surface area contributed by atoms with Gasteiger partial charge in [0.05, 0.1) is 0 Å². The molecule has 0 heterocycles. The van der Waals surface area contributed by atoms with Crippen LogP contribution >= 0.6 is 11.8 Å². The molecule has 1 rings (SSSR count). The Morgan fingerprint density at radius 2 is 1.80 bits per heavy atom. The van der Waals surface area contributed by atoms with Crippen LogP contribution in [0.5, 0.6) is 0 Å². The molecular formula is C13H21NS. The van der Waals surface area contributed by atoms with E-state index in [1.165, 1.54) is 23.4 Å². The minimum absolute atomic E-state index is 1.08. The van der Waals surface area contributed by atoms with Crippen molar-refractivity contribution in [1.82, 2.24) is 4.90 Å². The lowest BCUT2D eigenvalue weighted by Gasteiger charge is -2.19. The van der Waals surface area contributed by atoms with Gasteiger partial charge in [-0.2, -0.15) is 0 Å². The molecule has 0 aromatic heterocycles. The maximum atomic E-state index is 2.48. The van der Waals surface area contributed by atoms with Crippen molar-refractivity contribution in [3.8, 4) is 0 Å². The van der Waals surface area contributed by atoms with Crippen LogP contribution < -0.4 is 0 Å². The zero-order valence-corrected chi connectivity index (χ0v) is 10.8. The van der Waals surface area contributed by atoms with Gasteiger partial charge in [0.15, 0.2) is 0 Å². The van der Waals surface area contributed by atoms with Crippen molar-refractivity contribution < 1.29 is 0 Å². The summed E-state index contributed by atoms with van der Waals surface area (Å²) in [5, 5.41) is 0. The van der Waals surface area contributed by atoms with Crippen LogP contribution in [0.3, 0.4) is 0 Å². The first-order valence-electron chi connectivity index (χ1n) is 5.65. The van der Waals surface area contributed by atoms with E-state index in [1.54, 1.807) is 11.8 Å². The summed E-state index contributed by atoms with van der Waals surface area (Å²) in [6.07, 6.45) is 3.35. The maximum absolute atomic E-state index is 2.48. The van der Waals surface area contributed by atoms with Crippen LogP contribution in [0, 0.1) is 0 Å². The Bertz CT molecular complexity index is 268. The average molecular weight is 223 g/mol. The second-order valence-electron chi connectivity index (χ2n) is 3.72. The van der Waals surface area contributed by atoms with E-state index < -0.39 is 0 Å². The number of hydrogen-bond acceptors (Lipinski definition) is 2. The Balaban J connectivity index is 2.55. The molecule has 0 saturated carbocycles. The molecule has 0 fully saturated rings. The molecule has 2 heteroatoms. The molecule has 0 atom stereocenters. The lowest BCUT2D eigenvalue weighted by molar-refractivity contribution is 0.280. The van der Waals surface area contributed by atoms with Crippen molar-refractivity contribution in [1.29, 1.82) is 0 Å². The Kier molecular flexibility index (Phi) is 5.81. The van der Waals surface area contributed by atoms with Crippen molar-refractivity contribution in [3.63, 3.8) is 0 Å². The fraction of sp³-hybridized carbons (Fsp3) is 0.538. The fourth-order valence-electron chi connectivity index (χ4n) is 1.65. The first-order chi connectivity index (χ1) is 7.30.